The van der Waals surface area contributed by atoms with E-state index >= 15 is 0 Å². The number of hydrogen-bond acceptors (Lipinski definition) is 3. The molecule has 5 heteroatoms. The van der Waals surface area contributed by atoms with Gasteiger partial charge in [0.1, 0.15) is 0 Å². The van der Waals surface area contributed by atoms with Gasteiger partial charge in [0.05, 0.1) is 23.7 Å². The van der Waals surface area contributed by atoms with E-state index in [2.05, 4.69) is 17.0 Å². The van der Waals surface area contributed by atoms with E-state index in [4.69, 9.17) is 16.4 Å². The molecule has 0 fully saturated rings. The van der Waals surface area contributed by atoms with E-state index in [1.807, 2.05) is 37.4 Å². The number of amides is 1. The first-order valence-electron chi connectivity index (χ1n) is 7.61. The summed E-state index contributed by atoms with van der Waals surface area (Å²) in [5.41, 5.74) is 2.85. The fourth-order valence-corrected chi connectivity index (χ4v) is 2.96. The number of para-hydroxylation sites is 1. The van der Waals surface area contributed by atoms with Crippen molar-refractivity contribution in [3.63, 3.8) is 0 Å². The van der Waals surface area contributed by atoms with Gasteiger partial charge in [-0.1, -0.05) is 54.1 Å². The second-order valence-electron chi connectivity index (χ2n) is 5.67. The highest BCUT2D eigenvalue weighted by molar-refractivity contribution is 6.34. The third-order valence-corrected chi connectivity index (χ3v) is 4.14. The van der Waals surface area contributed by atoms with Crippen LogP contribution in [0.5, 0.6) is 0 Å². The van der Waals surface area contributed by atoms with E-state index in [1.54, 1.807) is 6.07 Å². The molecule has 0 spiro atoms. The van der Waals surface area contributed by atoms with Gasteiger partial charge in [0, 0.05) is 13.1 Å². The molecule has 1 aliphatic heterocycles. The van der Waals surface area contributed by atoms with Gasteiger partial charge in [0.25, 0.3) is 5.91 Å². The minimum atomic E-state index is -0.0705. The molecule has 0 radical (unpaired) electrons. The van der Waals surface area contributed by atoms with Crippen molar-refractivity contribution < 1.29 is 9.63 Å². The molecule has 0 saturated carbocycles. The lowest BCUT2D eigenvalue weighted by Gasteiger charge is -2.21. The third kappa shape index (κ3) is 3.72. The lowest BCUT2D eigenvalue weighted by Crippen LogP contribution is -2.31. The first-order chi connectivity index (χ1) is 11.1. The van der Waals surface area contributed by atoms with Gasteiger partial charge in [-0.05, 0) is 24.2 Å². The predicted octanol–water partition coefficient (Wildman–Crippen LogP) is 3.29. The number of hydrogen-bond donors (Lipinski definition) is 0. The topological polar surface area (TPSA) is 32.8 Å². The van der Waals surface area contributed by atoms with Crippen molar-refractivity contribution in [1.82, 2.24) is 4.90 Å². The first kappa shape index (κ1) is 16.0. The molecule has 0 aromatic heterocycles. The molecule has 2 aromatic carbocycles. The molecule has 23 heavy (non-hydrogen) atoms. The highest BCUT2D eigenvalue weighted by atomic mass is 35.5. The number of nitrogens with zero attached hydrogens (tertiary/aromatic N) is 2. The quantitative estimate of drug-likeness (QED) is 0.814. The zero-order valence-corrected chi connectivity index (χ0v) is 13.8. The molecule has 0 unspecified atom stereocenters. The Morgan fingerprint density at radius 2 is 1.96 bits per heavy atom. The zero-order valence-electron chi connectivity index (χ0n) is 13.0. The molecule has 0 bridgehead atoms. The summed E-state index contributed by atoms with van der Waals surface area (Å²) in [6.45, 7) is 1.99. The van der Waals surface area contributed by atoms with Crippen LogP contribution in [0, 0.1) is 0 Å². The first-order valence-corrected chi connectivity index (χ1v) is 7.98. The van der Waals surface area contributed by atoms with Crippen molar-refractivity contribution in [1.29, 1.82) is 0 Å². The minimum absolute atomic E-state index is 0.0705. The number of halogens is 1. The monoisotopic (exact) mass is 330 g/mol. The van der Waals surface area contributed by atoms with Crippen LogP contribution >= 0.6 is 11.6 Å². The summed E-state index contributed by atoms with van der Waals surface area (Å²) in [6, 6.07) is 15.8. The number of benzene rings is 2. The van der Waals surface area contributed by atoms with Crippen molar-refractivity contribution in [2.24, 2.45) is 0 Å². The highest BCUT2D eigenvalue weighted by Crippen LogP contribution is 2.35. The maximum absolute atomic E-state index is 12.1. The smallest absolute Gasteiger partial charge is 0.255 e. The Hall–Kier alpha value is -1.88. The fourth-order valence-electron chi connectivity index (χ4n) is 2.69. The molecule has 1 heterocycles. The third-order valence-electron chi connectivity index (χ3n) is 3.83. The number of carbonyl (C=O) groups excluding carboxylic acids is 1. The van der Waals surface area contributed by atoms with E-state index in [1.165, 1.54) is 10.6 Å². The number of carbonyl (C=O) groups is 1. The average molecular weight is 331 g/mol. The molecule has 120 valence electrons. The van der Waals surface area contributed by atoms with Crippen LogP contribution in [0.1, 0.15) is 11.1 Å². The Balaban J connectivity index is 1.54. The molecule has 4 nitrogen and oxygen atoms in total. The summed E-state index contributed by atoms with van der Waals surface area (Å²) < 4.78 is 0. The van der Waals surface area contributed by atoms with Crippen molar-refractivity contribution in [2.75, 3.05) is 25.3 Å². The molecular formula is C18H19ClN2O2. The summed E-state index contributed by atoms with van der Waals surface area (Å²) >= 11 is 6.19. The lowest BCUT2D eigenvalue weighted by atomic mass is 10.2. The summed E-state index contributed by atoms with van der Waals surface area (Å²) in [7, 11) is 2.03. The normalized spacial score (nSPS) is 13.7. The summed E-state index contributed by atoms with van der Waals surface area (Å²) in [5.74, 6) is -0.0705. The second-order valence-corrected chi connectivity index (χ2v) is 6.08. The molecular weight excluding hydrogens is 312 g/mol. The molecule has 0 N–H and O–H groups in total. The van der Waals surface area contributed by atoms with Gasteiger partial charge >= 0.3 is 0 Å². The Labute approximate surface area is 141 Å². The number of hydroxylamine groups is 1. The van der Waals surface area contributed by atoms with Gasteiger partial charge < -0.3 is 0 Å². The largest absolute Gasteiger partial charge is 0.300 e. The zero-order chi connectivity index (χ0) is 16.2. The van der Waals surface area contributed by atoms with E-state index in [0.29, 0.717) is 23.7 Å². The average Bonchev–Trinajstić information content (AvgIpc) is 2.85. The van der Waals surface area contributed by atoms with Crippen LogP contribution in [0.3, 0.4) is 0 Å². The predicted molar refractivity (Wildman–Crippen MR) is 91.4 cm³/mol. The van der Waals surface area contributed by atoms with E-state index in [0.717, 1.165) is 18.7 Å². The standard InChI is InChI=1S/C18H19ClN2O2/c1-20(13-14-6-3-2-4-7-14)10-11-23-21-17(22)12-15-8-5-9-16(19)18(15)21/h2-9H,10-13H2,1H3. The van der Waals surface area contributed by atoms with Crippen LogP contribution < -0.4 is 5.06 Å². The van der Waals surface area contributed by atoms with Gasteiger partial charge in [-0.25, -0.2) is 0 Å². The van der Waals surface area contributed by atoms with Crippen LogP contribution in [0.2, 0.25) is 5.02 Å². The maximum atomic E-state index is 12.1. The minimum Gasteiger partial charge on any atom is -0.300 e. The molecule has 3 rings (SSSR count). The molecule has 1 amide bonds. The molecule has 1 aliphatic rings. The van der Waals surface area contributed by atoms with Crippen molar-refractivity contribution in [3.05, 3.63) is 64.7 Å². The Morgan fingerprint density at radius 3 is 2.74 bits per heavy atom. The molecule has 0 saturated heterocycles. The van der Waals surface area contributed by atoms with Crippen molar-refractivity contribution in [3.8, 4) is 0 Å². The van der Waals surface area contributed by atoms with E-state index < -0.39 is 0 Å². The van der Waals surface area contributed by atoms with Crippen molar-refractivity contribution in [2.45, 2.75) is 13.0 Å². The van der Waals surface area contributed by atoms with Gasteiger partial charge in [0.15, 0.2) is 0 Å². The van der Waals surface area contributed by atoms with Gasteiger partial charge in [0.2, 0.25) is 0 Å². The number of rotatable bonds is 6. The van der Waals surface area contributed by atoms with Crippen LogP contribution in [0.15, 0.2) is 48.5 Å². The number of fused-ring (bicyclic) bond motifs is 1. The number of anilines is 1. The Morgan fingerprint density at radius 1 is 1.17 bits per heavy atom. The summed E-state index contributed by atoms with van der Waals surface area (Å²) in [5, 5.41) is 1.89. The second kappa shape index (κ2) is 7.13. The Bertz CT molecular complexity index is 691. The van der Waals surface area contributed by atoms with Crippen LogP contribution in [0.25, 0.3) is 0 Å². The van der Waals surface area contributed by atoms with E-state index in [9.17, 15) is 4.79 Å². The van der Waals surface area contributed by atoms with Gasteiger partial charge in [-0.15, -0.1) is 0 Å². The summed E-state index contributed by atoms with van der Waals surface area (Å²) in [6.07, 6.45) is 0.343. The molecule has 0 aliphatic carbocycles. The highest BCUT2D eigenvalue weighted by Gasteiger charge is 2.30. The van der Waals surface area contributed by atoms with Crippen LogP contribution in [-0.4, -0.2) is 31.0 Å². The number of likely N-dealkylation sites (N-methyl/N-ethyl adjacent to an activating group) is 1. The SMILES string of the molecule is CN(CCON1C(=O)Cc2cccc(Cl)c21)Cc1ccccc1. The van der Waals surface area contributed by atoms with Crippen molar-refractivity contribution >= 4 is 23.2 Å². The summed E-state index contributed by atoms with van der Waals surface area (Å²) in [4.78, 5) is 19.9. The molecule has 2 aromatic rings. The Kier molecular flexibility index (Phi) is 4.96. The van der Waals surface area contributed by atoms with Gasteiger partial charge in [-0.2, -0.15) is 5.06 Å². The molecule has 0 atom stereocenters. The van der Waals surface area contributed by atoms with E-state index in [-0.39, 0.29) is 5.91 Å². The maximum Gasteiger partial charge on any atom is 0.255 e. The fraction of sp³-hybridized carbons (Fsp3) is 0.278. The van der Waals surface area contributed by atoms with Crippen LogP contribution in [0.4, 0.5) is 5.69 Å². The van der Waals surface area contributed by atoms with Crippen LogP contribution in [-0.2, 0) is 22.6 Å². The van der Waals surface area contributed by atoms with Gasteiger partial charge in [-0.3, -0.25) is 14.5 Å². The lowest BCUT2D eigenvalue weighted by molar-refractivity contribution is -0.124.